The van der Waals surface area contributed by atoms with E-state index in [0.717, 1.165) is 0 Å². The number of nitrogens with one attached hydrogen (secondary N) is 2. The van der Waals surface area contributed by atoms with E-state index in [1.54, 1.807) is 6.20 Å². The van der Waals surface area contributed by atoms with Gasteiger partial charge in [0.05, 0.1) is 12.4 Å². The zero-order valence-electron chi connectivity index (χ0n) is 13.2. The fraction of sp³-hybridized carbons (Fsp3) is 0.353. The minimum absolute atomic E-state index is 0.121. The summed E-state index contributed by atoms with van der Waals surface area (Å²) in [4.78, 5) is 20.3. The van der Waals surface area contributed by atoms with Gasteiger partial charge in [-0.1, -0.05) is 44.2 Å². The van der Waals surface area contributed by atoms with Crippen LogP contribution in [0.15, 0.2) is 42.7 Å². The normalized spacial score (nSPS) is 12.0. The number of benzene rings is 1. The summed E-state index contributed by atoms with van der Waals surface area (Å²) in [7, 11) is 0. The molecule has 22 heavy (non-hydrogen) atoms. The van der Waals surface area contributed by atoms with Crippen LogP contribution in [0.2, 0.25) is 0 Å². The molecule has 2 aromatic rings. The Balaban J connectivity index is 1.96. The predicted molar refractivity (Wildman–Crippen MR) is 87.7 cm³/mol. The lowest BCUT2D eigenvalue weighted by atomic mass is 10.1. The lowest BCUT2D eigenvalue weighted by Crippen LogP contribution is -2.28. The van der Waals surface area contributed by atoms with Crippen molar-refractivity contribution in [3.63, 3.8) is 0 Å². The molecule has 0 spiro atoms. The van der Waals surface area contributed by atoms with Gasteiger partial charge in [-0.2, -0.15) is 0 Å². The van der Waals surface area contributed by atoms with Gasteiger partial charge in [0, 0.05) is 12.6 Å². The highest BCUT2D eigenvalue weighted by molar-refractivity contribution is 5.91. The molecular formula is C17H22N4O. The quantitative estimate of drug-likeness (QED) is 0.860. The molecule has 0 saturated carbocycles. The highest BCUT2D eigenvalue weighted by Crippen LogP contribution is 2.16. The van der Waals surface area contributed by atoms with Crippen molar-refractivity contribution in [3.8, 4) is 0 Å². The summed E-state index contributed by atoms with van der Waals surface area (Å²) in [5, 5.41) is 6.09. The van der Waals surface area contributed by atoms with Crippen LogP contribution in [0.5, 0.6) is 0 Å². The molecule has 0 saturated heterocycles. The second-order valence-electron chi connectivity index (χ2n) is 5.67. The third kappa shape index (κ3) is 4.55. The lowest BCUT2D eigenvalue weighted by molar-refractivity contribution is 0.0943. The zero-order valence-corrected chi connectivity index (χ0v) is 13.2. The molecule has 1 atom stereocenters. The van der Waals surface area contributed by atoms with E-state index < -0.39 is 0 Å². The second kappa shape index (κ2) is 7.54. The fourth-order valence-corrected chi connectivity index (χ4v) is 1.95. The summed E-state index contributed by atoms with van der Waals surface area (Å²) in [6.45, 7) is 6.78. The van der Waals surface area contributed by atoms with E-state index in [1.165, 1.54) is 11.8 Å². The monoisotopic (exact) mass is 298 g/mol. The van der Waals surface area contributed by atoms with Crippen molar-refractivity contribution in [1.29, 1.82) is 0 Å². The van der Waals surface area contributed by atoms with Crippen LogP contribution in [0.1, 0.15) is 42.9 Å². The highest BCUT2D eigenvalue weighted by atomic mass is 16.1. The van der Waals surface area contributed by atoms with E-state index in [2.05, 4.69) is 39.7 Å². The first-order valence-electron chi connectivity index (χ1n) is 7.48. The molecule has 2 rings (SSSR count). The van der Waals surface area contributed by atoms with E-state index in [-0.39, 0.29) is 11.9 Å². The first-order valence-corrected chi connectivity index (χ1v) is 7.48. The molecule has 1 amide bonds. The Bertz CT molecular complexity index is 596. The summed E-state index contributed by atoms with van der Waals surface area (Å²) in [5.74, 6) is 0.866. The molecule has 5 heteroatoms. The number of rotatable bonds is 6. The number of carbonyl (C=O) groups is 1. The predicted octanol–water partition coefficient (Wildman–Crippen LogP) is 3.04. The topological polar surface area (TPSA) is 66.9 Å². The van der Waals surface area contributed by atoms with Crippen LogP contribution in [0.25, 0.3) is 0 Å². The van der Waals surface area contributed by atoms with Gasteiger partial charge in [0.1, 0.15) is 11.5 Å². The van der Waals surface area contributed by atoms with E-state index in [1.807, 2.05) is 32.0 Å². The van der Waals surface area contributed by atoms with E-state index in [0.29, 0.717) is 24.0 Å². The Kier molecular flexibility index (Phi) is 5.47. The van der Waals surface area contributed by atoms with Crippen LogP contribution >= 0.6 is 0 Å². The van der Waals surface area contributed by atoms with Crippen LogP contribution in [-0.2, 0) is 0 Å². The van der Waals surface area contributed by atoms with Gasteiger partial charge in [-0.25, -0.2) is 9.97 Å². The summed E-state index contributed by atoms with van der Waals surface area (Å²) >= 11 is 0. The van der Waals surface area contributed by atoms with Crippen molar-refractivity contribution in [3.05, 3.63) is 54.0 Å². The maximum absolute atomic E-state index is 11.9. The van der Waals surface area contributed by atoms with Gasteiger partial charge >= 0.3 is 0 Å². The highest BCUT2D eigenvalue weighted by Gasteiger charge is 2.10. The number of hydrogen-bond donors (Lipinski definition) is 2. The van der Waals surface area contributed by atoms with Gasteiger partial charge < -0.3 is 10.6 Å². The van der Waals surface area contributed by atoms with Crippen LogP contribution < -0.4 is 10.6 Å². The van der Waals surface area contributed by atoms with Crippen molar-refractivity contribution < 1.29 is 4.79 Å². The SMILES string of the molecule is CC(C)CNC(=O)c1cnc(NC(C)c2ccccc2)cn1. The van der Waals surface area contributed by atoms with Crippen molar-refractivity contribution in [2.75, 3.05) is 11.9 Å². The van der Waals surface area contributed by atoms with Crippen molar-refractivity contribution in [2.45, 2.75) is 26.8 Å². The molecule has 0 aliphatic heterocycles. The molecule has 0 radical (unpaired) electrons. The Labute approximate surface area is 131 Å². The van der Waals surface area contributed by atoms with Gasteiger partial charge in [-0.3, -0.25) is 4.79 Å². The lowest BCUT2D eigenvalue weighted by Gasteiger charge is -2.14. The fourth-order valence-electron chi connectivity index (χ4n) is 1.95. The van der Waals surface area contributed by atoms with Crippen molar-refractivity contribution in [1.82, 2.24) is 15.3 Å². The number of anilines is 1. The van der Waals surface area contributed by atoms with Crippen molar-refractivity contribution >= 4 is 11.7 Å². The first-order chi connectivity index (χ1) is 10.6. The second-order valence-corrected chi connectivity index (χ2v) is 5.67. The van der Waals surface area contributed by atoms with Gasteiger partial charge in [0.2, 0.25) is 0 Å². The largest absolute Gasteiger partial charge is 0.362 e. The number of hydrogen-bond acceptors (Lipinski definition) is 4. The third-order valence-electron chi connectivity index (χ3n) is 3.22. The molecule has 1 aromatic carbocycles. The molecule has 2 N–H and O–H groups in total. The van der Waals surface area contributed by atoms with Crippen LogP contribution in [0.4, 0.5) is 5.82 Å². The van der Waals surface area contributed by atoms with E-state index >= 15 is 0 Å². The third-order valence-corrected chi connectivity index (χ3v) is 3.22. The number of nitrogens with zero attached hydrogens (tertiary/aromatic N) is 2. The average molecular weight is 298 g/mol. The molecule has 1 aromatic heterocycles. The maximum atomic E-state index is 11.9. The van der Waals surface area contributed by atoms with Gasteiger partial charge in [0.25, 0.3) is 5.91 Å². The molecule has 0 bridgehead atoms. The van der Waals surface area contributed by atoms with E-state index in [9.17, 15) is 4.79 Å². The minimum atomic E-state index is -0.191. The smallest absolute Gasteiger partial charge is 0.271 e. The summed E-state index contributed by atoms with van der Waals surface area (Å²) in [6.07, 6.45) is 3.08. The molecule has 0 aliphatic rings. The minimum Gasteiger partial charge on any atom is -0.362 e. The summed E-state index contributed by atoms with van der Waals surface area (Å²) in [6, 6.07) is 10.2. The molecular weight excluding hydrogens is 276 g/mol. The molecule has 116 valence electrons. The Hall–Kier alpha value is -2.43. The van der Waals surface area contributed by atoms with Crippen LogP contribution in [-0.4, -0.2) is 22.4 Å². The summed E-state index contributed by atoms with van der Waals surface area (Å²) < 4.78 is 0. The molecule has 0 aliphatic carbocycles. The van der Waals surface area contributed by atoms with Gasteiger partial charge in [-0.15, -0.1) is 0 Å². The van der Waals surface area contributed by atoms with Crippen molar-refractivity contribution in [2.24, 2.45) is 5.92 Å². The van der Waals surface area contributed by atoms with Crippen LogP contribution in [0.3, 0.4) is 0 Å². The standard InChI is InChI=1S/C17H22N4O/c1-12(2)9-20-17(22)15-10-19-16(11-18-15)21-13(3)14-7-5-4-6-8-14/h4-8,10-13H,9H2,1-3H3,(H,19,21)(H,20,22). The van der Waals surface area contributed by atoms with Crippen LogP contribution in [0, 0.1) is 5.92 Å². The summed E-state index contributed by atoms with van der Waals surface area (Å²) in [5.41, 5.74) is 1.50. The van der Waals surface area contributed by atoms with Gasteiger partial charge in [0.15, 0.2) is 0 Å². The number of amides is 1. The molecule has 1 heterocycles. The Morgan fingerprint density at radius 2 is 1.82 bits per heavy atom. The molecule has 5 nitrogen and oxygen atoms in total. The Morgan fingerprint density at radius 1 is 1.09 bits per heavy atom. The molecule has 0 fully saturated rings. The Morgan fingerprint density at radius 3 is 2.41 bits per heavy atom. The van der Waals surface area contributed by atoms with Gasteiger partial charge in [-0.05, 0) is 18.4 Å². The maximum Gasteiger partial charge on any atom is 0.271 e. The van der Waals surface area contributed by atoms with E-state index in [4.69, 9.17) is 0 Å². The number of aromatic nitrogens is 2. The number of carbonyl (C=O) groups excluding carboxylic acids is 1. The molecule has 1 unspecified atom stereocenters. The zero-order chi connectivity index (χ0) is 15.9. The first kappa shape index (κ1) is 15.9. The average Bonchev–Trinajstić information content (AvgIpc) is 2.54.